The number of hydrazone groups is 1. The molecule has 0 radical (unpaired) electrons. The highest BCUT2D eigenvalue weighted by Gasteiger charge is 2.17. The van der Waals surface area contributed by atoms with Crippen LogP contribution in [0.15, 0.2) is 46.3 Å². The summed E-state index contributed by atoms with van der Waals surface area (Å²) in [4.78, 5) is 25.1. The lowest BCUT2D eigenvalue weighted by Gasteiger charge is -2.12. The normalized spacial score (nSPS) is 11.4. The standard InChI is InChI=1S/C19H17ClN4O4/c1-10(2)24-19(28)13-6-4-3-5-12(13)16(23-24)18(27)22-21-9-11-7-14(20)17(26)15(25)8-11/h3-10,25-26H,1-2H3,(H,22,27)/b21-9+. The third-order valence-corrected chi connectivity index (χ3v) is 4.27. The molecular weight excluding hydrogens is 384 g/mol. The van der Waals surface area contributed by atoms with Gasteiger partial charge in [-0.25, -0.2) is 10.1 Å². The Bertz CT molecular complexity index is 1130. The maximum atomic E-state index is 12.6. The summed E-state index contributed by atoms with van der Waals surface area (Å²) in [7, 11) is 0. The molecule has 0 aliphatic carbocycles. The number of halogens is 1. The van der Waals surface area contributed by atoms with Crippen LogP contribution < -0.4 is 11.0 Å². The lowest BCUT2D eigenvalue weighted by atomic mass is 10.1. The minimum atomic E-state index is -0.601. The van der Waals surface area contributed by atoms with Crippen molar-refractivity contribution in [2.75, 3.05) is 0 Å². The molecule has 0 fully saturated rings. The third-order valence-electron chi connectivity index (χ3n) is 3.98. The maximum Gasteiger partial charge on any atom is 0.292 e. The molecule has 0 saturated heterocycles. The van der Waals surface area contributed by atoms with E-state index in [0.29, 0.717) is 16.3 Å². The number of hydrogen-bond acceptors (Lipinski definition) is 6. The van der Waals surface area contributed by atoms with Crippen LogP contribution in [0, 0.1) is 0 Å². The van der Waals surface area contributed by atoms with E-state index < -0.39 is 17.4 Å². The van der Waals surface area contributed by atoms with Crippen molar-refractivity contribution in [2.45, 2.75) is 19.9 Å². The second kappa shape index (κ2) is 7.69. The Balaban J connectivity index is 1.94. The molecule has 0 atom stereocenters. The topological polar surface area (TPSA) is 117 Å². The summed E-state index contributed by atoms with van der Waals surface area (Å²) in [5.41, 5.74) is 2.50. The Morgan fingerprint density at radius 2 is 1.93 bits per heavy atom. The predicted molar refractivity (Wildman–Crippen MR) is 106 cm³/mol. The fourth-order valence-electron chi connectivity index (χ4n) is 2.62. The molecule has 144 valence electrons. The molecule has 0 unspecified atom stereocenters. The summed E-state index contributed by atoms with van der Waals surface area (Å²) < 4.78 is 1.25. The van der Waals surface area contributed by atoms with Crippen molar-refractivity contribution in [1.82, 2.24) is 15.2 Å². The van der Waals surface area contributed by atoms with E-state index in [2.05, 4.69) is 15.6 Å². The van der Waals surface area contributed by atoms with Crippen molar-refractivity contribution in [3.05, 3.63) is 63.0 Å². The van der Waals surface area contributed by atoms with Crippen LogP contribution in [0.3, 0.4) is 0 Å². The van der Waals surface area contributed by atoms with Gasteiger partial charge in [0.1, 0.15) is 0 Å². The van der Waals surface area contributed by atoms with E-state index in [0.717, 1.165) is 0 Å². The Hall–Kier alpha value is -3.39. The van der Waals surface area contributed by atoms with E-state index in [1.54, 1.807) is 38.1 Å². The fraction of sp³-hybridized carbons (Fsp3) is 0.158. The number of aromatic nitrogens is 2. The van der Waals surface area contributed by atoms with Crippen molar-refractivity contribution in [2.24, 2.45) is 5.10 Å². The lowest BCUT2D eigenvalue weighted by molar-refractivity contribution is 0.0949. The van der Waals surface area contributed by atoms with Crippen LogP contribution in [-0.2, 0) is 0 Å². The molecule has 1 amide bonds. The quantitative estimate of drug-likeness (QED) is 0.353. The molecule has 0 aliphatic rings. The number of nitrogens with zero attached hydrogens (tertiary/aromatic N) is 3. The first kappa shape index (κ1) is 19.4. The van der Waals surface area contributed by atoms with Crippen LogP contribution in [0.1, 0.15) is 35.9 Å². The monoisotopic (exact) mass is 400 g/mol. The summed E-state index contributed by atoms with van der Waals surface area (Å²) in [5, 5.41) is 27.8. The van der Waals surface area contributed by atoms with Gasteiger partial charge >= 0.3 is 0 Å². The van der Waals surface area contributed by atoms with Gasteiger partial charge in [0.2, 0.25) is 0 Å². The van der Waals surface area contributed by atoms with Gasteiger partial charge in [-0.15, -0.1) is 0 Å². The van der Waals surface area contributed by atoms with Crippen LogP contribution in [0.5, 0.6) is 11.5 Å². The van der Waals surface area contributed by atoms with E-state index >= 15 is 0 Å². The van der Waals surface area contributed by atoms with E-state index in [1.807, 2.05) is 0 Å². The van der Waals surface area contributed by atoms with Gasteiger partial charge in [0.25, 0.3) is 11.5 Å². The number of fused-ring (bicyclic) bond motifs is 1. The van der Waals surface area contributed by atoms with E-state index in [1.165, 1.54) is 23.0 Å². The molecule has 0 aliphatic heterocycles. The summed E-state index contributed by atoms with van der Waals surface area (Å²) >= 11 is 5.78. The van der Waals surface area contributed by atoms with Crippen LogP contribution in [0.4, 0.5) is 0 Å². The number of amides is 1. The van der Waals surface area contributed by atoms with Crippen molar-refractivity contribution in [3.8, 4) is 11.5 Å². The third kappa shape index (κ3) is 3.67. The number of nitrogens with one attached hydrogen (secondary N) is 1. The number of aromatic hydroxyl groups is 2. The Labute approximate surface area is 164 Å². The number of carbonyl (C=O) groups excluding carboxylic acids is 1. The highest BCUT2D eigenvalue weighted by atomic mass is 35.5. The molecule has 2 aromatic carbocycles. The van der Waals surface area contributed by atoms with Gasteiger partial charge in [-0.2, -0.15) is 10.2 Å². The molecule has 0 bridgehead atoms. The highest BCUT2D eigenvalue weighted by Crippen LogP contribution is 2.33. The molecule has 1 heterocycles. The number of carbonyl (C=O) groups is 1. The Morgan fingerprint density at radius 1 is 1.25 bits per heavy atom. The van der Waals surface area contributed by atoms with Crippen molar-refractivity contribution in [3.63, 3.8) is 0 Å². The second-order valence-electron chi connectivity index (χ2n) is 6.31. The van der Waals surface area contributed by atoms with E-state index in [9.17, 15) is 19.8 Å². The lowest BCUT2D eigenvalue weighted by Crippen LogP contribution is -2.30. The fourth-order valence-corrected chi connectivity index (χ4v) is 2.84. The summed E-state index contributed by atoms with van der Waals surface area (Å²) in [6.07, 6.45) is 1.25. The van der Waals surface area contributed by atoms with Crippen molar-refractivity contribution in [1.29, 1.82) is 0 Å². The molecule has 3 aromatic rings. The largest absolute Gasteiger partial charge is 0.504 e. The zero-order chi connectivity index (χ0) is 20.4. The molecule has 8 nitrogen and oxygen atoms in total. The smallest absolute Gasteiger partial charge is 0.292 e. The highest BCUT2D eigenvalue weighted by molar-refractivity contribution is 6.32. The summed E-state index contributed by atoms with van der Waals surface area (Å²) in [6, 6.07) is 9.10. The van der Waals surface area contributed by atoms with Crippen LogP contribution in [-0.4, -0.2) is 32.1 Å². The van der Waals surface area contributed by atoms with Gasteiger partial charge in [0.15, 0.2) is 17.2 Å². The van der Waals surface area contributed by atoms with Gasteiger partial charge in [-0.3, -0.25) is 9.59 Å². The van der Waals surface area contributed by atoms with Crippen LogP contribution in [0.25, 0.3) is 10.8 Å². The zero-order valence-electron chi connectivity index (χ0n) is 15.0. The number of phenols is 2. The first-order valence-corrected chi connectivity index (χ1v) is 8.74. The molecular formula is C19H17ClN4O4. The van der Waals surface area contributed by atoms with Gasteiger partial charge in [-0.05, 0) is 37.6 Å². The SMILES string of the molecule is CC(C)n1nc(C(=O)N/N=C/c2cc(O)c(O)c(Cl)c2)c2ccccc2c1=O. The minimum Gasteiger partial charge on any atom is -0.504 e. The number of benzene rings is 2. The summed E-state index contributed by atoms with van der Waals surface area (Å²) in [5.74, 6) is -1.44. The zero-order valence-corrected chi connectivity index (χ0v) is 15.8. The number of hydrogen-bond donors (Lipinski definition) is 3. The van der Waals surface area contributed by atoms with Crippen molar-refractivity contribution < 1.29 is 15.0 Å². The van der Waals surface area contributed by atoms with Gasteiger partial charge in [-0.1, -0.05) is 29.8 Å². The molecule has 9 heteroatoms. The van der Waals surface area contributed by atoms with Gasteiger partial charge < -0.3 is 10.2 Å². The number of phenolic OH excluding ortho intramolecular Hbond substituents is 2. The Morgan fingerprint density at radius 3 is 2.57 bits per heavy atom. The van der Waals surface area contributed by atoms with Gasteiger partial charge in [0, 0.05) is 5.39 Å². The molecule has 28 heavy (non-hydrogen) atoms. The first-order valence-electron chi connectivity index (χ1n) is 8.36. The average Bonchev–Trinajstić information content (AvgIpc) is 2.66. The van der Waals surface area contributed by atoms with Gasteiger partial charge in [0.05, 0.1) is 22.7 Å². The predicted octanol–water partition coefficient (Wildman–Crippen LogP) is 2.81. The van der Waals surface area contributed by atoms with Crippen LogP contribution in [0.2, 0.25) is 5.02 Å². The van der Waals surface area contributed by atoms with E-state index in [-0.39, 0.29) is 22.3 Å². The van der Waals surface area contributed by atoms with Crippen LogP contribution >= 0.6 is 11.6 Å². The van der Waals surface area contributed by atoms with Crippen molar-refractivity contribution >= 4 is 34.5 Å². The average molecular weight is 401 g/mol. The molecule has 3 N–H and O–H groups in total. The molecule has 3 rings (SSSR count). The Kier molecular flexibility index (Phi) is 5.32. The first-order chi connectivity index (χ1) is 13.3. The molecule has 0 saturated carbocycles. The molecule has 0 spiro atoms. The minimum absolute atomic E-state index is 0.0514. The molecule has 1 aromatic heterocycles. The number of rotatable bonds is 4. The van der Waals surface area contributed by atoms with E-state index in [4.69, 9.17) is 11.6 Å². The summed E-state index contributed by atoms with van der Waals surface area (Å²) in [6.45, 7) is 3.59. The maximum absolute atomic E-state index is 12.6. The second-order valence-corrected chi connectivity index (χ2v) is 6.71.